The van der Waals surface area contributed by atoms with Crippen molar-refractivity contribution in [3.8, 4) is 23.1 Å². The first-order valence-electron chi connectivity index (χ1n) is 9.29. The zero-order valence-corrected chi connectivity index (χ0v) is 15.8. The number of aromatic nitrogens is 4. The number of halogens is 1. The molecule has 1 saturated carbocycles. The molecule has 2 atom stereocenters. The van der Waals surface area contributed by atoms with Crippen LogP contribution in [0.4, 0.5) is 16.0 Å². The second-order valence-corrected chi connectivity index (χ2v) is 7.07. The number of hydrogen-bond acceptors (Lipinski definition) is 7. The summed E-state index contributed by atoms with van der Waals surface area (Å²) in [6.07, 6.45) is 5.26. The van der Waals surface area contributed by atoms with Crippen LogP contribution in [0.3, 0.4) is 0 Å². The molecule has 1 fully saturated rings. The lowest BCUT2D eigenvalue weighted by Gasteiger charge is -2.17. The molecule has 4 rings (SSSR count). The fourth-order valence-electron chi connectivity index (χ4n) is 3.37. The van der Waals surface area contributed by atoms with Crippen molar-refractivity contribution >= 4 is 11.6 Å². The molecule has 3 aromatic rings. The number of nitrogens with one attached hydrogen (secondary N) is 2. The summed E-state index contributed by atoms with van der Waals surface area (Å²) in [5.41, 5.74) is 7.51. The molecule has 0 spiro atoms. The summed E-state index contributed by atoms with van der Waals surface area (Å²) < 4.78 is 21.1. The molecule has 2 aromatic heterocycles. The number of nitriles is 1. The van der Waals surface area contributed by atoms with E-state index in [-0.39, 0.29) is 23.7 Å². The number of aryl methyl sites for hydroxylation is 1. The van der Waals surface area contributed by atoms with E-state index in [2.05, 4.69) is 25.5 Å². The van der Waals surface area contributed by atoms with Crippen LogP contribution in [-0.4, -0.2) is 32.3 Å². The Hall–Kier alpha value is -3.51. The van der Waals surface area contributed by atoms with Gasteiger partial charge in [0.25, 0.3) is 0 Å². The molecule has 2 unspecified atom stereocenters. The normalized spacial score (nSPS) is 18.4. The van der Waals surface area contributed by atoms with Gasteiger partial charge in [-0.25, -0.2) is 14.4 Å². The monoisotopic (exact) mass is 393 g/mol. The Labute approximate surface area is 166 Å². The van der Waals surface area contributed by atoms with Gasteiger partial charge in [-0.05, 0) is 37.8 Å². The van der Waals surface area contributed by atoms with Crippen molar-refractivity contribution in [1.82, 2.24) is 20.2 Å². The fourth-order valence-corrected chi connectivity index (χ4v) is 3.37. The number of hydrogen-bond donors (Lipinski definition) is 3. The molecule has 29 heavy (non-hydrogen) atoms. The first kappa shape index (κ1) is 18.8. The number of rotatable bonds is 5. The summed E-state index contributed by atoms with van der Waals surface area (Å²) in [6, 6.07) is 7.17. The van der Waals surface area contributed by atoms with Crippen LogP contribution in [0, 0.1) is 24.1 Å². The Bertz CT molecular complexity index is 1060. The topological polar surface area (TPSA) is 126 Å². The molecule has 8 nitrogen and oxygen atoms in total. The summed E-state index contributed by atoms with van der Waals surface area (Å²) in [5, 5.41) is 18.8. The molecule has 1 aliphatic carbocycles. The molecule has 148 valence electrons. The third-order valence-electron chi connectivity index (χ3n) is 4.89. The summed E-state index contributed by atoms with van der Waals surface area (Å²) in [4.78, 5) is 8.04. The van der Waals surface area contributed by atoms with Crippen LogP contribution in [0.2, 0.25) is 0 Å². The fraction of sp³-hybridized carbons (Fsp3) is 0.300. The zero-order valence-electron chi connectivity index (χ0n) is 15.8. The number of nitrogens with zero attached hydrogens (tertiary/aromatic N) is 4. The predicted molar refractivity (Wildman–Crippen MR) is 105 cm³/mol. The molecule has 0 radical (unpaired) electrons. The van der Waals surface area contributed by atoms with Crippen molar-refractivity contribution in [3.05, 3.63) is 47.7 Å². The lowest BCUT2D eigenvalue weighted by Crippen LogP contribution is -2.19. The van der Waals surface area contributed by atoms with Crippen LogP contribution in [0.1, 0.15) is 30.5 Å². The molecular formula is C20H20FN7O. The largest absolute Gasteiger partial charge is 0.490 e. The van der Waals surface area contributed by atoms with Crippen molar-refractivity contribution in [2.45, 2.75) is 38.3 Å². The van der Waals surface area contributed by atoms with Crippen LogP contribution < -0.4 is 15.8 Å². The lowest BCUT2D eigenvalue weighted by atomic mass is 10.1. The highest BCUT2D eigenvalue weighted by Crippen LogP contribution is 2.36. The van der Waals surface area contributed by atoms with E-state index in [0.29, 0.717) is 34.2 Å². The number of ether oxygens (including phenoxy) is 1. The van der Waals surface area contributed by atoms with Crippen molar-refractivity contribution < 1.29 is 9.13 Å². The minimum Gasteiger partial charge on any atom is -0.490 e. The highest BCUT2D eigenvalue weighted by atomic mass is 19.1. The lowest BCUT2D eigenvalue weighted by molar-refractivity contribution is 0.208. The second kappa shape index (κ2) is 7.85. The molecule has 1 aliphatic rings. The molecule has 4 N–H and O–H groups in total. The molecule has 0 amide bonds. The first-order chi connectivity index (χ1) is 14.0. The van der Waals surface area contributed by atoms with Gasteiger partial charge in [0, 0.05) is 12.1 Å². The molecule has 0 aliphatic heterocycles. The molecule has 9 heteroatoms. The maximum atomic E-state index is 15.0. The highest BCUT2D eigenvalue weighted by Gasteiger charge is 2.26. The van der Waals surface area contributed by atoms with Crippen LogP contribution in [0.15, 0.2) is 30.6 Å². The Morgan fingerprint density at radius 1 is 1.28 bits per heavy atom. The van der Waals surface area contributed by atoms with Crippen LogP contribution in [-0.2, 0) is 0 Å². The maximum Gasteiger partial charge on any atom is 0.158 e. The number of H-pyrrole nitrogens is 1. The zero-order chi connectivity index (χ0) is 20.4. The van der Waals surface area contributed by atoms with E-state index in [4.69, 9.17) is 15.7 Å². The number of benzene rings is 1. The average Bonchev–Trinajstić information content (AvgIpc) is 3.34. The van der Waals surface area contributed by atoms with Gasteiger partial charge in [0.05, 0.1) is 23.7 Å². The van der Waals surface area contributed by atoms with Crippen LogP contribution in [0.5, 0.6) is 5.75 Å². The minimum atomic E-state index is -0.363. The van der Waals surface area contributed by atoms with Gasteiger partial charge in [0.2, 0.25) is 0 Å². The minimum absolute atomic E-state index is 0.0275. The van der Waals surface area contributed by atoms with Gasteiger partial charge in [-0.15, -0.1) is 0 Å². The standard InChI is InChI=1S/C20H20FN7O/c1-11-2-5-16(29-14-4-3-12(23)6-14)19(20(11)21)15-7-17(28-27-15)26-18-10-24-13(8-22)9-25-18/h2,5,7,9-10,12,14H,3-4,6,23H2,1H3,(H2,25,26,27,28). The second-order valence-electron chi connectivity index (χ2n) is 7.07. The number of aromatic amines is 1. The van der Waals surface area contributed by atoms with E-state index in [9.17, 15) is 4.39 Å². The molecule has 0 saturated heterocycles. The summed E-state index contributed by atoms with van der Waals surface area (Å²) in [5.74, 6) is 0.954. The summed E-state index contributed by atoms with van der Waals surface area (Å²) >= 11 is 0. The summed E-state index contributed by atoms with van der Waals surface area (Å²) in [7, 11) is 0. The van der Waals surface area contributed by atoms with E-state index in [0.717, 1.165) is 19.3 Å². The molecule has 2 heterocycles. The van der Waals surface area contributed by atoms with Crippen LogP contribution in [0.25, 0.3) is 11.3 Å². The first-order valence-corrected chi connectivity index (χ1v) is 9.29. The van der Waals surface area contributed by atoms with E-state index >= 15 is 0 Å². The Morgan fingerprint density at radius 3 is 2.83 bits per heavy atom. The quantitative estimate of drug-likeness (QED) is 0.608. The number of nitrogens with two attached hydrogens (primary N) is 1. The van der Waals surface area contributed by atoms with Gasteiger partial charge in [0.1, 0.15) is 29.6 Å². The van der Waals surface area contributed by atoms with Crippen molar-refractivity contribution in [2.24, 2.45) is 5.73 Å². The van der Waals surface area contributed by atoms with Gasteiger partial charge in [-0.2, -0.15) is 10.4 Å². The van der Waals surface area contributed by atoms with Gasteiger partial charge in [0.15, 0.2) is 11.5 Å². The van der Waals surface area contributed by atoms with Gasteiger partial charge in [-0.3, -0.25) is 5.10 Å². The number of anilines is 2. The van der Waals surface area contributed by atoms with Gasteiger partial charge in [-0.1, -0.05) is 6.07 Å². The van der Waals surface area contributed by atoms with E-state index in [1.807, 2.05) is 6.07 Å². The molecular weight excluding hydrogens is 373 g/mol. The molecule has 0 bridgehead atoms. The van der Waals surface area contributed by atoms with E-state index in [1.54, 1.807) is 25.1 Å². The highest BCUT2D eigenvalue weighted by molar-refractivity contribution is 5.72. The smallest absolute Gasteiger partial charge is 0.158 e. The van der Waals surface area contributed by atoms with E-state index < -0.39 is 0 Å². The van der Waals surface area contributed by atoms with Gasteiger partial charge < -0.3 is 15.8 Å². The maximum absolute atomic E-state index is 15.0. The Kier molecular flexibility index (Phi) is 5.10. The Morgan fingerprint density at radius 2 is 2.14 bits per heavy atom. The van der Waals surface area contributed by atoms with E-state index in [1.165, 1.54) is 12.4 Å². The Balaban J connectivity index is 1.60. The van der Waals surface area contributed by atoms with Crippen molar-refractivity contribution in [3.63, 3.8) is 0 Å². The third kappa shape index (κ3) is 4.02. The predicted octanol–water partition coefficient (Wildman–Crippen LogP) is 3.19. The molecule has 1 aromatic carbocycles. The third-order valence-corrected chi connectivity index (χ3v) is 4.89. The van der Waals surface area contributed by atoms with Crippen molar-refractivity contribution in [2.75, 3.05) is 5.32 Å². The van der Waals surface area contributed by atoms with Gasteiger partial charge >= 0.3 is 0 Å². The average molecular weight is 393 g/mol. The summed E-state index contributed by atoms with van der Waals surface area (Å²) in [6.45, 7) is 1.70. The SMILES string of the molecule is Cc1ccc(OC2CCC(N)C2)c(-c2cc(Nc3cnc(C#N)cn3)n[nH]2)c1F. The van der Waals surface area contributed by atoms with Crippen molar-refractivity contribution in [1.29, 1.82) is 5.26 Å². The van der Waals surface area contributed by atoms with Crippen LogP contribution >= 0.6 is 0 Å².